The van der Waals surface area contributed by atoms with Crippen LogP contribution in [0.5, 0.6) is 0 Å². The maximum atomic E-state index is 12.2. The zero-order chi connectivity index (χ0) is 14.4. The van der Waals surface area contributed by atoms with Crippen molar-refractivity contribution in [2.45, 2.75) is 44.6 Å². The number of hydrogen-bond acceptors (Lipinski definition) is 3. The van der Waals surface area contributed by atoms with Crippen LogP contribution in [-0.2, 0) is 0 Å². The maximum Gasteiger partial charge on any atom is 0.267 e. The highest BCUT2D eigenvalue weighted by atomic mass is 32.2. The number of carbonyl (C=O) groups is 1. The number of unbranched alkanes of at least 4 members (excludes halogenated alkanes) is 3. The lowest BCUT2D eigenvalue weighted by Crippen LogP contribution is -2.26. The Kier molecular flexibility index (Phi) is 5.83. The first-order valence-electron chi connectivity index (χ1n) is 7.47. The van der Waals surface area contributed by atoms with Gasteiger partial charge < -0.3 is 15.6 Å². The number of anilines is 1. The summed E-state index contributed by atoms with van der Waals surface area (Å²) in [6.45, 7) is 0.758. The second kappa shape index (κ2) is 7.62. The van der Waals surface area contributed by atoms with Crippen LogP contribution < -0.4 is 11.1 Å². The van der Waals surface area contributed by atoms with Gasteiger partial charge in [-0.25, -0.2) is 0 Å². The third-order valence-corrected chi connectivity index (χ3v) is 4.30. The Hall–Kier alpha value is -1.10. The van der Waals surface area contributed by atoms with Crippen LogP contribution in [0, 0.1) is 0 Å². The highest BCUT2D eigenvalue weighted by Gasteiger charge is 2.27. The first kappa shape index (κ1) is 15.3. The molecule has 3 N–H and O–H groups in total. The van der Waals surface area contributed by atoms with E-state index in [1.807, 2.05) is 22.5 Å². The zero-order valence-electron chi connectivity index (χ0n) is 12.2. The number of carbonyl (C=O) groups excluding carboxylic acids is 1. The van der Waals surface area contributed by atoms with Gasteiger partial charge in [-0.05, 0) is 43.8 Å². The highest BCUT2D eigenvalue weighted by Crippen LogP contribution is 2.37. The van der Waals surface area contributed by atoms with Gasteiger partial charge in [0.05, 0.1) is 5.69 Å². The average molecular weight is 295 g/mol. The number of nitrogens with one attached hydrogen (secondary N) is 1. The second-order valence-corrected chi connectivity index (χ2v) is 6.45. The molecule has 0 unspecified atom stereocenters. The van der Waals surface area contributed by atoms with Crippen LogP contribution in [0.3, 0.4) is 0 Å². The standard InChI is InChI=1S/C15H25N3OS/c1-20-9-5-3-2-4-8-17-15(19)14-10-12(16)11-18(14)13-6-7-13/h10-11,13H,2-9,16H2,1H3,(H,17,19). The Morgan fingerprint density at radius 3 is 2.85 bits per heavy atom. The van der Waals surface area contributed by atoms with Crippen molar-refractivity contribution in [3.63, 3.8) is 0 Å². The van der Waals surface area contributed by atoms with E-state index in [1.54, 1.807) is 6.07 Å². The van der Waals surface area contributed by atoms with E-state index in [0.717, 1.165) is 25.8 Å². The van der Waals surface area contributed by atoms with Gasteiger partial charge in [0.15, 0.2) is 0 Å². The molecule has 1 aromatic heterocycles. The summed E-state index contributed by atoms with van der Waals surface area (Å²) in [5.41, 5.74) is 7.20. The molecule has 0 bridgehead atoms. The van der Waals surface area contributed by atoms with Gasteiger partial charge in [-0.3, -0.25) is 4.79 Å². The van der Waals surface area contributed by atoms with Crippen molar-refractivity contribution in [3.8, 4) is 0 Å². The zero-order valence-corrected chi connectivity index (χ0v) is 13.0. The highest BCUT2D eigenvalue weighted by molar-refractivity contribution is 7.98. The van der Waals surface area contributed by atoms with Gasteiger partial charge in [-0.15, -0.1) is 0 Å². The van der Waals surface area contributed by atoms with Gasteiger partial charge in [0, 0.05) is 18.8 Å². The van der Waals surface area contributed by atoms with Gasteiger partial charge >= 0.3 is 0 Å². The van der Waals surface area contributed by atoms with E-state index in [-0.39, 0.29) is 5.91 Å². The van der Waals surface area contributed by atoms with Crippen molar-refractivity contribution in [2.75, 3.05) is 24.3 Å². The minimum Gasteiger partial charge on any atom is -0.397 e. The number of nitrogen functional groups attached to an aromatic ring is 1. The smallest absolute Gasteiger partial charge is 0.267 e. The lowest BCUT2D eigenvalue weighted by molar-refractivity contribution is 0.0943. The molecule has 20 heavy (non-hydrogen) atoms. The van der Waals surface area contributed by atoms with Gasteiger partial charge in [0.1, 0.15) is 5.69 Å². The summed E-state index contributed by atoms with van der Waals surface area (Å²) >= 11 is 1.90. The van der Waals surface area contributed by atoms with Crippen LogP contribution >= 0.6 is 11.8 Å². The summed E-state index contributed by atoms with van der Waals surface area (Å²) in [4.78, 5) is 12.2. The number of hydrogen-bond donors (Lipinski definition) is 2. The molecule has 0 atom stereocenters. The Morgan fingerprint density at radius 2 is 2.15 bits per heavy atom. The van der Waals surface area contributed by atoms with E-state index in [4.69, 9.17) is 5.73 Å². The van der Waals surface area contributed by atoms with E-state index >= 15 is 0 Å². The molecule has 0 aliphatic heterocycles. The monoisotopic (exact) mass is 295 g/mol. The number of amides is 1. The molecule has 1 saturated carbocycles. The topological polar surface area (TPSA) is 60.1 Å². The van der Waals surface area contributed by atoms with E-state index in [0.29, 0.717) is 17.4 Å². The largest absolute Gasteiger partial charge is 0.397 e. The summed E-state index contributed by atoms with van der Waals surface area (Å²) in [6, 6.07) is 2.27. The lowest BCUT2D eigenvalue weighted by Gasteiger charge is -2.08. The normalized spacial score (nSPS) is 14.4. The number of nitrogens with zero attached hydrogens (tertiary/aromatic N) is 1. The van der Waals surface area contributed by atoms with Gasteiger partial charge in [-0.1, -0.05) is 12.8 Å². The molecule has 4 nitrogen and oxygen atoms in total. The van der Waals surface area contributed by atoms with Crippen molar-refractivity contribution in [3.05, 3.63) is 18.0 Å². The predicted molar refractivity (Wildman–Crippen MR) is 86.3 cm³/mol. The van der Waals surface area contributed by atoms with E-state index in [9.17, 15) is 4.79 Å². The summed E-state index contributed by atoms with van der Waals surface area (Å²) in [5, 5.41) is 3.01. The first-order valence-corrected chi connectivity index (χ1v) is 8.86. The molecule has 1 aromatic rings. The van der Waals surface area contributed by atoms with Crippen LogP contribution in [0.2, 0.25) is 0 Å². The Labute approximate surface area is 125 Å². The molecule has 0 saturated heterocycles. The number of rotatable bonds is 9. The third kappa shape index (κ3) is 4.47. The molecular weight excluding hydrogens is 270 g/mol. The van der Waals surface area contributed by atoms with Crippen LogP contribution in [0.25, 0.3) is 0 Å². The van der Waals surface area contributed by atoms with Gasteiger partial charge in [0.25, 0.3) is 5.91 Å². The van der Waals surface area contributed by atoms with Crippen LogP contribution in [0.1, 0.15) is 55.1 Å². The summed E-state index contributed by atoms with van der Waals surface area (Å²) in [5.74, 6) is 1.25. The second-order valence-electron chi connectivity index (χ2n) is 5.46. The fourth-order valence-electron chi connectivity index (χ4n) is 2.35. The molecule has 0 aromatic carbocycles. The third-order valence-electron chi connectivity index (χ3n) is 3.60. The summed E-state index contributed by atoms with van der Waals surface area (Å²) in [6.07, 6.45) is 11.1. The molecular formula is C15H25N3OS. The van der Waals surface area contributed by atoms with Crippen LogP contribution in [0.15, 0.2) is 12.3 Å². The summed E-state index contributed by atoms with van der Waals surface area (Å²) in [7, 11) is 0. The van der Waals surface area contributed by atoms with Crippen LogP contribution in [-0.4, -0.2) is 29.0 Å². The number of thioether (sulfide) groups is 1. The Morgan fingerprint density at radius 1 is 1.40 bits per heavy atom. The molecule has 112 valence electrons. The fourth-order valence-corrected chi connectivity index (χ4v) is 2.85. The van der Waals surface area contributed by atoms with Crippen LogP contribution in [0.4, 0.5) is 5.69 Å². The quantitative estimate of drug-likeness (QED) is 0.688. The van der Waals surface area contributed by atoms with Crippen molar-refractivity contribution in [2.24, 2.45) is 0 Å². The predicted octanol–water partition coefficient (Wildman–Crippen LogP) is 3.06. The molecule has 0 spiro atoms. The van der Waals surface area contributed by atoms with E-state index in [1.165, 1.54) is 25.0 Å². The average Bonchev–Trinajstić information content (AvgIpc) is 3.20. The SMILES string of the molecule is CSCCCCCCNC(=O)c1cc(N)cn1C1CC1. The molecule has 5 heteroatoms. The van der Waals surface area contributed by atoms with Crippen molar-refractivity contribution >= 4 is 23.4 Å². The molecule has 1 aliphatic rings. The van der Waals surface area contributed by atoms with E-state index in [2.05, 4.69) is 11.6 Å². The fraction of sp³-hybridized carbons (Fsp3) is 0.667. The lowest BCUT2D eigenvalue weighted by atomic mass is 10.2. The molecule has 1 amide bonds. The van der Waals surface area contributed by atoms with Gasteiger partial charge in [-0.2, -0.15) is 11.8 Å². The Balaban J connectivity index is 1.69. The van der Waals surface area contributed by atoms with Crippen molar-refractivity contribution in [1.82, 2.24) is 9.88 Å². The van der Waals surface area contributed by atoms with E-state index < -0.39 is 0 Å². The first-order chi connectivity index (χ1) is 9.72. The summed E-state index contributed by atoms with van der Waals surface area (Å²) < 4.78 is 2.03. The molecule has 1 fully saturated rings. The van der Waals surface area contributed by atoms with Gasteiger partial charge in [0.2, 0.25) is 0 Å². The van der Waals surface area contributed by atoms with Crippen molar-refractivity contribution in [1.29, 1.82) is 0 Å². The molecule has 0 radical (unpaired) electrons. The molecule has 1 aliphatic carbocycles. The molecule has 1 heterocycles. The number of nitrogens with two attached hydrogens (primary N) is 1. The maximum absolute atomic E-state index is 12.2. The minimum atomic E-state index is 0.0118. The number of aromatic nitrogens is 1. The van der Waals surface area contributed by atoms with Crippen molar-refractivity contribution < 1.29 is 4.79 Å². The molecule has 2 rings (SSSR count). The minimum absolute atomic E-state index is 0.0118. The Bertz CT molecular complexity index is 440.